The molecule has 0 bridgehead atoms. The lowest BCUT2D eigenvalue weighted by Crippen LogP contribution is -2.51. The van der Waals surface area contributed by atoms with Crippen LogP contribution in [0.4, 0.5) is 4.79 Å². The van der Waals surface area contributed by atoms with Crippen LogP contribution in [0.15, 0.2) is 52.8 Å². The second-order valence-corrected chi connectivity index (χ2v) is 12.6. The molecule has 10 nitrogen and oxygen atoms in total. The van der Waals surface area contributed by atoms with Gasteiger partial charge in [-0.15, -0.1) is 0 Å². The van der Waals surface area contributed by atoms with E-state index in [1.54, 1.807) is 70.7 Å². The Bertz CT molecular complexity index is 1390. The minimum Gasteiger partial charge on any atom is -0.459 e. The first-order chi connectivity index (χ1) is 19.9. The smallest absolute Gasteiger partial charge is 0.410 e. The summed E-state index contributed by atoms with van der Waals surface area (Å²) in [5.74, 6) is -1.35. The number of nitrogens with zero attached hydrogens (tertiary/aromatic N) is 4. The van der Waals surface area contributed by atoms with Crippen LogP contribution in [0, 0.1) is 11.8 Å². The number of benzene rings is 1. The van der Waals surface area contributed by atoms with E-state index in [1.807, 2.05) is 6.08 Å². The van der Waals surface area contributed by atoms with Crippen LogP contribution >= 0.6 is 23.2 Å². The van der Waals surface area contributed by atoms with E-state index >= 15 is 0 Å². The monoisotopic (exact) mass is 616 g/mol. The molecule has 0 saturated carbocycles. The van der Waals surface area contributed by atoms with Crippen molar-refractivity contribution in [1.82, 2.24) is 19.6 Å². The van der Waals surface area contributed by atoms with E-state index < -0.39 is 17.6 Å². The molecule has 12 heteroatoms. The first kappa shape index (κ1) is 30.0. The number of ether oxygens (including phenoxy) is 1. The topological polar surface area (TPSA) is 104 Å². The van der Waals surface area contributed by atoms with Crippen molar-refractivity contribution in [3.05, 3.63) is 69.7 Å². The van der Waals surface area contributed by atoms with E-state index in [9.17, 15) is 19.2 Å². The van der Waals surface area contributed by atoms with Crippen molar-refractivity contribution >= 4 is 47.0 Å². The zero-order chi connectivity index (χ0) is 30.2. The Kier molecular flexibility index (Phi) is 8.57. The highest BCUT2D eigenvalue weighted by Crippen LogP contribution is 2.41. The van der Waals surface area contributed by atoms with Gasteiger partial charge in [-0.1, -0.05) is 29.3 Å². The van der Waals surface area contributed by atoms with E-state index in [2.05, 4.69) is 0 Å². The van der Waals surface area contributed by atoms with Crippen LogP contribution in [-0.4, -0.2) is 88.3 Å². The van der Waals surface area contributed by atoms with Crippen LogP contribution in [0.2, 0.25) is 10.0 Å². The van der Waals surface area contributed by atoms with Crippen molar-refractivity contribution in [3.8, 4) is 0 Å². The number of hydrogen-bond donors (Lipinski definition) is 0. The molecule has 4 heterocycles. The standard InChI is InChI=1S/C30H34Cl2N4O6/c1-30(2,3)42-29(40)35-9-8-24-22(18-35)21(27(38)36(24)17-19-6-7-20(31)15-23(19)32)16-26(37)33-10-12-34(13-11-33)28(39)25-5-4-14-41-25/h4-8,14-15,21-22H,9-13,16-18H2,1-3H3/t21-,22?/m0/s1. The Labute approximate surface area is 254 Å². The molecule has 3 aliphatic rings. The quantitative estimate of drug-likeness (QED) is 0.483. The summed E-state index contributed by atoms with van der Waals surface area (Å²) in [4.78, 5) is 59.5. The van der Waals surface area contributed by atoms with Crippen LogP contribution < -0.4 is 0 Å². The summed E-state index contributed by atoms with van der Waals surface area (Å²) in [7, 11) is 0. The number of furan rings is 1. The van der Waals surface area contributed by atoms with Crippen LogP contribution in [-0.2, 0) is 20.9 Å². The van der Waals surface area contributed by atoms with Gasteiger partial charge in [-0.05, 0) is 56.7 Å². The second-order valence-electron chi connectivity index (χ2n) is 11.7. The van der Waals surface area contributed by atoms with Gasteiger partial charge in [-0.3, -0.25) is 14.4 Å². The summed E-state index contributed by atoms with van der Waals surface area (Å²) in [6.45, 7) is 7.61. The van der Waals surface area contributed by atoms with Gasteiger partial charge in [0.15, 0.2) is 5.76 Å². The molecular weight excluding hydrogens is 583 g/mol. The minimum absolute atomic E-state index is 0.0139. The van der Waals surface area contributed by atoms with Gasteiger partial charge < -0.3 is 28.8 Å². The zero-order valence-corrected chi connectivity index (χ0v) is 25.4. The third-order valence-corrected chi connectivity index (χ3v) is 8.33. The molecule has 2 fully saturated rings. The Hall–Kier alpha value is -3.50. The lowest BCUT2D eigenvalue weighted by molar-refractivity contribution is -0.139. The Morgan fingerprint density at radius 3 is 2.38 bits per heavy atom. The van der Waals surface area contributed by atoms with Crippen LogP contribution in [0.25, 0.3) is 0 Å². The number of halogens is 2. The van der Waals surface area contributed by atoms with Crippen molar-refractivity contribution in [2.75, 3.05) is 39.3 Å². The molecule has 42 heavy (non-hydrogen) atoms. The molecule has 2 atom stereocenters. The van der Waals surface area contributed by atoms with Crippen molar-refractivity contribution < 1.29 is 28.3 Å². The summed E-state index contributed by atoms with van der Waals surface area (Å²) in [5, 5.41) is 0.939. The van der Waals surface area contributed by atoms with Crippen molar-refractivity contribution in [1.29, 1.82) is 0 Å². The molecule has 5 rings (SSSR count). The fourth-order valence-corrected chi connectivity index (χ4v) is 6.10. The van der Waals surface area contributed by atoms with Gasteiger partial charge in [0.25, 0.3) is 5.91 Å². The van der Waals surface area contributed by atoms with Gasteiger partial charge in [0.1, 0.15) is 5.60 Å². The summed E-state index contributed by atoms with van der Waals surface area (Å²) >= 11 is 12.5. The maximum absolute atomic E-state index is 13.9. The van der Waals surface area contributed by atoms with Gasteiger partial charge in [0, 0.05) is 67.3 Å². The summed E-state index contributed by atoms with van der Waals surface area (Å²) in [6.07, 6.45) is 2.84. The van der Waals surface area contributed by atoms with E-state index in [4.69, 9.17) is 32.4 Å². The molecule has 0 radical (unpaired) electrons. The van der Waals surface area contributed by atoms with Crippen LogP contribution in [0.1, 0.15) is 43.3 Å². The minimum atomic E-state index is -0.667. The van der Waals surface area contributed by atoms with Gasteiger partial charge in [-0.2, -0.15) is 0 Å². The fraction of sp³-hybridized carbons (Fsp3) is 0.467. The molecule has 1 unspecified atom stereocenters. The lowest BCUT2D eigenvalue weighted by atomic mass is 9.87. The molecular formula is C30H34Cl2N4O6. The molecule has 2 aromatic rings. The number of carbonyl (C=O) groups excluding carboxylic acids is 4. The number of likely N-dealkylation sites (tertiary alicyclic amines) is 1. The molecule has 0 N–H and O–H groups in total. The predicted octanol–water partition coefficient (Wildman–Crippen LogP) is 4.67. The molecule has 1 aromatic carbocycles. The third-order valence-electron chi connectivity index (χ3n) is 7.74. The van der Waals surface area contributed by atoms with Crippen molar-refractivity contribution in [2.45, 2.75) is 39.3 Å². The Morgan fingerprint density at radius 2 is 1.74 bits per heavy atom. The van der Waals surface area contributed by atoms with E-state index in [0.29, 0.717) is 36.2 Å². The SMILES string of the molecule is CC(C)(C)OC(=O)N1CC=C2C(C1)[C@H](CC(=O)N1CCN(C(=O)c3ccco3)CC1)C(=O)N2Cc1ccc(Cl)cc1Cl. The average molecular weight is 618 g/mol. The van der Waals surface area contributed by atoms with E-state index in [-0.39, 0.29) is 55.5 Å². The summed E-state index contributed by atoms with van der Waals surface area (Å²) < 4.78 is 10.8. The second kappa shape index (κ2) is 12.0. The first-order valence-electron chi connectivity index (χ1n) is 13.9. The summed E-state index contributed by atoms with van der Waals surface area (Å²) in [6, 6.07) is 8.41. The number of piperazine rings is 1. The molecule has 1 aromatic heterocycles. The highest BCUT2D eigenvalue weighted by Gasteiger charge is 2.48. The summed E-state index contributed by atoms with van der Waals surface area (Å²) in [5.41, 5.74) is 0.838. The number of rotatable bonds is 5. The van der Waals surface area contributed by atoms with Crippen LogP contribution in [0.3, 0.4) is 0 Å². The van der Waals surface area contributed by atoms with Crippen molar-refractivity contribution in [2.24, 2.45) is 11.8 Å². The first-order valence-corrected chi connectivity index (χ1v) is 14.7. The van der Waals surface area contributed by atoms with Gasteiger partial charge in [0.2, 0.25) is 11.8 Å². The molecule has 224 valence electrons. The highest BCUT2D eigenvalue weighted by molar-refractivity contribution is 6.35. The third kappa shape index (κ3) is 6.44. The molecule has 2 saturated heterocycles. The normalized spacial score (nSPS) is 20.9. The maximum Gasteiger partial charge on any atom is 0.410 e. The van der Waals surface area contributed by atoms with E-state index in [0.717, 1.165) is 11.3 Å². The molecule has 0 spiro atoms. The Morgan fingerprint density at radius 1 is 1.02 bits per heavy atom. The molecule has 0 aliphatic carbocycles. The zero-order valence-electron chi connectivity index (χ0n) is 23.8. The van der Waals surface area contributed by atoms with Gasteiger partial charge in [-0.25, -0.2) is 4.79 Å². The fourth-order valence-electron chi connectivity index (χ4n) is 5.63. The molecule has 3 aliphatic heterocycles. The van der Waals surface area contributed by atoms with Gasteiger partial charge >= 0.3 is 6.09 Å². The Balaban J connectivity index is 1.31. The number of hydrogen-bond acceptors (Lipinski definition) is 6. The average Bonchev–Trinajstić information content (AvgIpc) is 3.56. The number of carbonyl (C=O) groups is 4. The highest BCUT2D eigenvalue weighted by atomic mass is 35.5. The van der Waals surface area contributed by atoms with Gasteiger partial charge in [0.05, 0.1) is 18.7 Å². The maximum atomic E-state index is 13.9. The van der Waals surface area contributed by atoms with Crippen LogP contribution in [0.5, 0.6) is 0 Å². The number of fused-ring (bicyclic) bond motifs is 1. The lowest BCUT2D eigenvalue weighted by Gasteiger charge is -2.36. The van der Waals surface area contributed by atoms with E-state index in [1.165, 1.54) is 6.26 Å². The largest absolute Gasteiger partial charge is 0.459 e. The van der Waals surface area contributed by atoms with Crippen molar-refractivity contribution in [3.63, 3.8) is 0 Å². The predicted molar refractivity (Wildman–Crippen MR) is 156 cm³/mol. The number of amides is 4. The molecule has 4 amide bonds.